The molecule has 1 saturated carbocycles. The number of benzene rings is 1. The largest absolute Gasteiger partial charge is 0.467 e. The Labute approximate surface area is 165 Å². The molecule has 2 fully saturated rings. The molecule has 1 aromatic rings. The fraction of sp³-hybridized carbons (Fsp3) is 0.600. The van der Waals surface area contributed by atoms with E-state index in [1.54, 1.807) is 11.8 Å². The van der Waals surface area contributed by atoms with Crippen molar-refractivity contribution < 1.29 is 14.3 Å². The molecule has 1 spiro atoms. The Balaban J connectivity index is 1.81. The number of thiol groups is 1. The molecule has 4 nitrogen and oxygen atoms in total. The molecular weight excluding hydrogens is 366 g/mol. The van der Waals surface area contributed by atoms with Gasteiger partial charge in [-0.05, 0) is 37.2 Å². The maximum Gasteiger partial charge on any atom is 0.329 e. The fourth-order valence-electron chi connectivity index (χ4n) is 4.15. The molecule has 0 N–H and O–H groups in total. The molecule has 1 aliphatic heterocycles. The molecule has 26 heavy (non-hydrogen) atoms. The Morgan fingerprint density at radius 3 is 2.54 bits per heavy atom. The van der Waals surface area contributed by atoms with Crippen LogP contribution in [0.2, 0.25) is 0 Å². The summed E-state index contributed by atoms with van der Waals surface area (Å²) in [7, 11) is 1.40. The summed E-state index contributed by atoms with van der Waals surface area (Å²) >= 11 is 6.05. The third kappa shape index (κ3) is 3.63. The molecule has 142 valence electrons. The smallest absolute Gasteiger partial charge is 0.329 e. The number of carbonyl (C=O) groups is 2. The summed E-state index contributed by atoms with van der Waals surface area (Å²) in [6, 6.07) is 10.1. The van der Waals surface area contributed by atoms with Crippen LogP contribution in [0.1, 0.15) is 44.1 Å². The molecule has 1 aromatic carbocycles. The van der Waals surface area contributed by atoms with Gasteiger partial charge >= 0.3 is 5.97 Å². The number of hydrogen-bond donors (Lipinski definition) is 1. The summed E-state index contributed by atoms with van der Waals surface area (Å²) in [5, 5.41) is 0. The molecule has 0 bridgehead atoms. The zero-order valence-electron chi connectivity index (χ0n) is 15.4. The minimum Gasteiger partial charge on any atom is -0.467 e. The average molecular weight is 394 g/mol. The van der Waals surface area contributed by atoms with Crippen molar-refractivity contribution in [2.24, 2.45) is 5.92 Å². The second kappa shape index (κ2) is 8.26. The van der Waals surface area contributed by atoms with Crippen molar-refractivity contribution in [2.45, 2.75) is 49.4 Å². The van der Waals surface area contributed by atoms with Crippen LogP contribution in [0.3, 0.4) is 0 Å². The SMILES string of the molecule is COC(=O)[C@@H]1CSC2(CCC(c3ccccc3)CC2)N1C(=O)[C@H](C)CS. The summed E-state index contributed by atoms with van der Waals surface area (Å²) in [5.41, 5.74) is 1.37. The third-order valence-electron chi connectivity index (χ3n) is 5.70. The van der Waals surface area contributed by atoms with Crippen LogP contribution in [-0.2, 0) is 14.3 Å². The molecular formula is C20H27NO3S2. The van der Waals surface area contributed by atoms with E-state index < -0.39 is 6.04 Å². The number of hydrogen-bond acceptors (Lipinski definition) is 5. The molecule has 1 aliphatic carbocycles. The fourth-order valence-corrected chi connectivity index (χ4v) is 5.94. The van der Waals surface area contributed by atoms with Gasteiger partial charge in [-0.15, -0.1) is 11.8 Å². The Hall–Kier alpha value is -1.14. The molecule has 0 aromatic heterocycles. The van der Waals surface area contributed by atoms with E-state index in [1.807, 2.05) is 17.9 Å². The summed E-state index contributed by atoms with van der Waals surface area (Å²) in [4.78, 5) is 27.0. The zero-order chi connectivity index (χ0) is 18.7. The van der Waals surface area contributed by atoms with Gasteiger partial charge in [0.1, 0.15) is 6.04 Å². The average Bonchev–Trinajstić information content (AvgIpc) is 3.06. The first-order chi connectivity index (χ1) is 12.5. The normalized spacial score (nSPS) is 29.6. The first-order valence-electron chi connectivity index (χ1n) is 9.23. The monoisotopic (exact) mass is 393 g/mol. The molecule has 0 radical (unpaired) electrons. The summed E-state index contributed by atoms with van der Waals surface area (Å²) in [6.07, 6.45) is 3.89. The maximum atomic E-state index is 13.1. The molecule has 1 saturated heterocycles. The number of ether oxygens (including phenoxy) is 1. The van der Waals surface area contributed by atoms with Crippen LogP contribution in [0.4, 0.5) is 0 Å². The Morgan fingerprint density at radius 1 is 1.31 bits per heavy atom. The van der Waals surface area contributed by atoms with E-state index >= 15 is 0 Å². The van der Waals surface area contributed by atoms with Crippen LogP contribution in [0.5, 0.6) is 0 Å². The summed E-state index contributed by atoms with van der Waals surface area (Å²) < 4.78 is 4.99. The topological polar surface area (TPSA) is 46.6 Å². The van der Waals surface area contributed by atoms with Crippen LogP contribution in [0.15, 0.2) is 30.3 Å². The van der Waals surface area contributed by atoms with Gasteiger partial charge in [0.05, 0.1) is 12.0 Å². The van der Waals surface area contributed by atoms with Gasteiger partial charge in [-0.1, -0.05) is 37.3 Å². The lowest BCUT2D eigenvalue weighted by Gasteiger charge is -2.45. The number of rotatable bonds is 4. The van der Waals surface area contributed by atoms with Gasteiger partial charge in [-0.25, -0.2) is 4.79 Å². The maximum absolute atomic E-state index is 13.1. The van der Waals surface area contributed by atoms with E-state index in [0.717, 1.165) is 25.7 Å². The van der Waals surface area contributed by atoms with Crippen molar-refractivity contribution in [3.05, 3.63) is 35.9 Å². The van der Waals surface area contributed by atoms with Crippen molar-refractivity contribution in [1.82, 2.24) is 4.90 Å². The molecule has 1 heterocycles. The van der Waals surface area contributed by atoms with E-state index in [1.165, 1.54) is 12.7 Å². The molecule has 2 atom stereocenters. The van der Waals surface area contributed by atoms with Crippen LogP contribution < -0.4 is 0 Å². The van der Waals surface area contributed by atoms with E-state index in [0.29, 0.717) is 17.4 Å². The van der Waals surface area contributed by atoms with E-state index in [-0.39, 0.29) is 22.7 Å². The Morgan fingerprint density at radius 2 is 1.96 bits per heavy atom. The van der Waals surface area contributed by atoms with Crippen LogP contribution in [0.25, 0.3) is 0 Å². The molecule has 1 amide bonds. The third-order valence-corrected chi connectivity index (χ3v) is 7.88. The number of esters is 1. The van der Waals surface area contributed by atoms with Gasteiger partial charge in [-0.3, -0.25) is 4.79 Å². The van der Waals surface area contributed by atoms with Crippen LogP contribution in [-0.4, -0.2) is 46.3 Å². The standard InChI is InChI=1S/C20H27NO3S2/c1-14(12-25)18(22)21-17(19(23)24-2)13-26-20(21)10-8-16(9-11-20)15-6-4-3-5-7-15/h3-7,14,16-17,25H,8-13H2,1-2H3/t14-,16?,17+,20?/m1/s1. The Bertz CT molecular complexity index is 644. The first kappa shape index (κ1) is 19.6. The van der Waals surface area contributed by atoms with Gasteiger partial charge in [0.25, 0.3) is 0 Å². The molecule has 6 heteroatoms. The predicted octanol–water partition coefficient (Wildman–Crippen LogP) is 3.72. The molecule has 2 aliphatic rings. The van der Waals surface area contributed by atoms with Crippen molar-refractivity contribution in [3.8, 4) is 0 Å². The van der Waals surface area contributed by atoms with E-state index in [2.05, 4.69) is 36.9 Å². The van der Waals surface area contributed by atoms with Crippen molar-refractivity contribution in [1.29, 1.82) is 0 Å². The number of nitrogens with zero attached hydrogens (tertiary/aromatic N) is 1. The van der Waals surface area contributed by atoms with Gasteiger partial charge in [-0.2, -0.15) is 12.6 Å². The van der Waals surface area contributed by atoms with Gasteiger partial charge < -0.3 is 9.64 Å². The lowest BCUT2D eigenvalue weighted by molar-refractivity contribution is -0.155. The van der Waals surface area contributed by atoms with Gasteiger partial charge in [0.2, 0.25) is 5.91 Å². The zero-order valence-corrected chi connectivity index (χ0v) is 17.1. The van der Waals surface area contributed by atoms with Crippen LogP contribution >= 0.6 is 24.4 Å². The van der Waals surface area contributed by atoms with E-state index in [9.17, 15) is 9.59 Å². The first-order valence-corrected chi connectivity index (χ1v) is 10.8. The lowest BCUT2D eigenvalue weighted by atomic mass is 9.80. The van der Waals surface area contributed by atoms with Crippen LogP contribution in [0, 0.1) is 5.92 Å². The van der Waals surface area contributed by atoms with Gasteiger partial charge in [0.15, 0.2) is 0 Å². The summed E-state index contributed by atoms with van der Waals surface area (Å²) in [6.45, 7) is 1.88. The lowest BCUT2D eigenvalue weighted by Crippen LogP contribution is -2.55. The highest BCUT2D eigenvalue weighted by atomic mass is 32.2. The minimum atomic E-state index is -0.479. The second-order valence-corrected chi connectivity index (χ2v) is 9.02. The van der Waals surface area contributed by atoms with Crippen molar-refractivity contribution >= 4 is 36.3 Å². The van der Waals surface area contributed by atoms with Crippen molar-refractivity contribution in [3.63, 3.8) is 0 Å². The molecule has 0 unspecified atom stereocenters. The second-order valence-electron chi connectivity index (χ2n) is 7.27. The predicted molar refractivity (Wildman–Crippen MR) is 109 cm³/mol. The number of thioether (sulfide) groups is 1. The van der Waals surface area contributed by atoms with Gasteiger partial charge in [0, 0.05) is 17.4 Å². The highest BCUT2D eigenvalue weighted by molar-refractivity contribution is 8.01. The van der Waals surface area contributed by atoms with Crippen molar-refractivity contribution in [2.75, 3.05) is 18.6 Å². The highest BCUT2D eigenvalue weighted by Gasteiger charge is 2.54. The summed E-state index contributed by atoms with van der Waals surface area (Å²) in [5.74, 6) is 1.15. The number of methoxy groups -OCH3 is 1. The minimum absolute atomic E-state index is 0.0264. The number of carbonyl (C=O) groups excluding carboxylic acids is 2. The van der Waals surface area contributed by atoms with E-state index in [4.69, 9.17) is 4.74 Å². The highest BCUT2D eigenvalue weighted by Crippen LogP contribution is 2.52. The Kier molecular flexibility index (Phi) is 6.23. The quantitative estimate of drug-likeness (QED) is 0.626. The molecule has 3 rings (SSSR count). The number of amides is 1.